The van der Waals surface area contributed by atoms with Crippen molar-refractivity contribution in [1.82, 2.24) is 15.0 Å². The van der Waals surface area contributed by atoms with Gasteiger partial charge in [-0.05, 0) is 43.6 Å². The smallest absolute Gasteiger partial charge is 0.242 e. The van der Waals surface area contributed by atoms with Crippen molar-refractivity contribution in [2.24, 2.45) is 5.41 Å². The van der Waals surface area contributed by atoms with Gasteiger partial charge in [-0.15, -0.1) is 0 Å². The highest BCUT2D eigenvalue weighted by Gasteiger charge is 2.33. The Kier molecular flexibility index (Phi) is 3.88. The molecule has 1 aromatic rings. The lowest BCUT2D eigenvalue weighted by atomic mass is 9.92. The average Bonchev–Trinajstić information content (AvgIpc) is 2.97. The summed E-state index contributed by atoms with van der Waals surface area (Å²) in [6, 6.07) is 2.41. The highest BCUT2D eigenvalue weighted by atomic mass is 32.2. The molecule has 0 aromatic carbocycles. The zero-order valence-electron chi connectivity index (χ0n) is 12.8. The van der Waals surface area contributed by atoms with Gasteiger partial charge in [-0.3, -0.25) is 0 Å². The zero-order valence-corrected chi connectivity index (χ0v) is 13.6. The molecular formula is C15H25N3O2S. The Bertz CT molecular complexity index is 602. The molecule has 0 amide bonds. The molecule has 1 heterocycles. The zero-order chi connectivity index (χ0) is 15.1. The lowest BCUT2D eigenvalue weighted by molar-refractivity contribution is 0.372. The summed E-state index contributed by atoms with van der Waals surface area (Å²) in [5.41, 5.74) is 1.17. The first-order chi connectivity index (χ1) is 9.84. The van der Waals surface area contributed by atoms with Crippen molar-refractivity contribution in [3.63, 3.8) is 0 Å². The Balaban J connectivity index is 1.61. The fourth-order valence-electron chi connectivity index (χ4n) is 3.04. The molecule has 21 heavy (non-hydrogen) atoms. The third-order valence-electron chi connectivity index (χ3n) is 4.48. The van der Waals surface area contributed by atoms with Crippen LogP contribution in [0.3, 0.4) is 0 Å². The van der Waals surface area contributed by atoms with Crippen LogP contribution in [0.15, 0.2) is 17.2 Å². The van der Waals surface area contributed by atoms with E-state index in [1.807, 2.05) is 0 Å². The Labute approximate surface area is 127 Å². The third-order valence-corrected chi connectivity index (χ3v) is 5.98. The average molecular weight is 311 g/mol. The Hall–Kier alpha value is -0.850. The molecule has 0 bridgehead atoms. The normalized spacial score (nSPS) is 25.3. The number of aromatic nitrogens is 1. The fourth-order valence-corrected chi connectivity index (χ4v) is 4.33. The number of H-pyrrole nitrogens is 1. The largest absolute Gasteiger partial charge is 0.363 e. The molecule has 0 aliphatic heterocycles. The Morgan fingerprint density at radius 2 is 2.05 bits per heavy atom. The van der Waals surface area contributed by atoms with Crippen LogP contribution in [0.4, 0.5) is 0 Å². The second-order valence-corrected chi connectivity index (χ2v) is 8.95. The van der Waals surface area contributed by atoms with Crippen LogP contribution in [-0.2, 0) is 16.6 Å². The second kappa shape index (κ2) is 5.41. The number of hydrogen-bond acceptors (Lipinski definition) is 3. The van der Waals surface area contributed by atoms with Crippen molar-refractivity contribution in [3.8, 4) is 0 Å². The highest BCUT2D eigenvalue weighted by molar-refractivity contribution is 7.89. The predicted octanol–water partition coefficient (Wildman–Crippen LogP) is 2.12. The van der Waals surface area contributed by atoms with Crippen LogP contribution in [0, 0.1) is 5.41 Å². The molecule has 118 valence electrons. The number of rotatable bonds is 6. The standard InChI is InChI=1S/C15H25N3O2S/c1-15(2)6-5-12(8-15)18-21(19,20)14-7-13(17-10-14)9-16-11-3-4-11/h7,10-12,16-18H,3-6,8-9H2,1-2H3. The maximum atomic E-state index is 12.4. The summed E-state index contributed by atoms with van der Waals surface area (Å²) < 4.78 is 27.7. The van der Waals surface area contributed by atoms with Crippen LogP contribution < -0.4 is 10.0 Å². The van der Waals surface area contributed by atoms with Gasteiger partial charge in [-0.1, -0.05) is 13.8 Å². The van der Waals surface area contributed by atoms with Crippen molar-refractivity contribution in [3.05, 3.63) is 18.0 Å². The van der Waals surface area contributed by atoms with Crippen molar-refractivity contribution < 1.29 is 8.42 Å². The summed E-state index contributed by atoms with van der Waals surface area (Å²) >= 11 is 0. The van der Waals surface area contributed by atoms with Crippen LogP contribution in [0.1, 0.15) is 51.6 Å². The first kappa shape index (κ1) is 15.1. The van der Waals surface area contributed by atoms with E-state index in [9.17, 15) is 8.42 Å². The van der Waals surface area contributed by atoms with Crippen LogP contribution in [0.5, 0.6) is 0 Å². The fraction of sp³-hybridized carbons (Fsp3) is 0.733. The minimum Gasteiger partial charge on any atom is -0.363 e. The lowest BCUT2D eigenvalue weighted by Crippen LogP contribution is -2.33. The molecule has 3 N–H and O–H groups in total. The molecule has 6 heteroatoms. The molecule has 2 aliphatic carbocycles. The van der Waals surface area contributed by atoms with Crippen LogP contribution in [0.25, 0.3) is 0 Å². The minimum atomic E-state index is -3.41. The van der Waals surface area contributed by atoms with Gasteiger partial charge in [-0.25, -0.2) is 13.1 Å². The third kappa shape index (κ3) is 3.87. The molecule has 0 radical (unpaired) electrons. The van der Waals surface area contributed by atoms with Crippen LogP contribution in [0.2, 0.25) is 0 Å². The molecule has 2 fully saturated rings. The maximum absolute atomic E-state index is 12.4. The van der Waals surface area contributed by atoms with Gasteiger partial charge in [0.25, 0.3) is 0 Å². The molecule has 1 aromatic heterocycles. The van der Waals surface area contributed by atoms with E-state index in [0.29, 0.717) is 17.5 Å². The summed E-state index contributed by atoms with van der Waals surface area (Å²) in [6.45, 7) is 5.09. The monoisotopic (exact) mass is 311 g/mol. The molecule has 2 saturated carbocycles. The Morgan fingerprint density at radius 3 is 2.67 bits per heavy atom. The van der Waals surface area contributed by atoms with Gasteiger partial charge in [-0.2, -0.15) is 0 Å². The quantitative estimate of drug-likeness (QED) is 0.753. The lowest BCUT2D eigenvalue weighted by Gasteiger charge is -2.17. The summed E-state index contributed by atoms with van der Waals surface area (Å²) in [5, 5.41) is 3.38. The van der Waals surface area contributed by atoms with Gasteiger partial charge in [0, 0.05) is 30.5 Å². The minimum absolute atomic E-state index is 0.0629. The van der Waals surface area contributed by atoms with Crippen molar-refractivity contribution in [1.29, 1.82) is 0 Å². The number of hydrogen-bond donors (Lipinski definition) is 3. The predicted molar refractivity (Wildman–Crippen MR) is 82.4 cm³/mol. The van der Waals surface area contributed by atoms with Crippen molar-refractivity contribution in [2.45, 2.75) is 69.5 Å². The molecule has 2 aliphatic rings. The summed E-state index contributed by atoms with van der Waals surface area (Å²) in [5.74, 6) is 0. The first-order valence-electron chi connectivity index (χ1n) is 7.77. The van der Waals surface area contributed by atoms with Gasteiger partial charge >= 0.3 is 0 Å². The van der Waals surface area contributed by atoms with Gasteiger partial charge in [0.05, 0.1) is 4.90 Å². The summed E-state index contributed by atoms with van der Waals surface area (Å²) in [4.78, 5) is 3.40. The van der Waals surface area contributed by atoms with Crippen LogP contribution >= 0.6 is 0 Å². The first-order valence-corrected chi connectivity index (χ1v) is 9.25. The molecule has 1 unspecified atom stereocenters. The molecule has 0 saturated heterocycles. The van der Waals surface area contributed by atoms with E-state index in [4.69, 9.17) is 0 Å². The van der Waals surface area contributed by atoms with E-state index in [1.165, 1.54) is 12.8 Å². The molecule has 5 nitrogen and oxygen atoms in total. The number of nitrogens with one attached hydrogen (secondary N) is 3. The van der Waals surface area contributed by atoms with Gasteiger partial charge in [0.1, 0.15) is 0 Å². The van der Waals surface area contributed by atoms with E-state index in [0.717, 1.165) is 25.0 Å². The van der Waals surface area contributed by atoms with E-state index in [1.54, 1.807) is 12.3 Å². The second-order valence-electron chi connectivity index (χ2n) is 7.24. The molecule has 0 spiro atoms. The Morgan fingerprint density at radius 1 is 1.29 bits per heavy atom. The maximum Gasteiger partial charge on any atom is 0.242 e. The van der Waals surface area contributed by atoms with Gasteiger partial charge in [0.15, 0.2) is 0 Å². The topological polar surface area (TPSA) is 74.0 Å². The number of aromatic amines is 1. The van der Waals surface area contributed by atoms with E-state index in [-0.39, 0.29) is 11.5 Å². The molecule has 1 atom stereocenters. The van der Waals surface area contributed by atoms with E-state index in [2.05, 4.69) is 28.9 Å². The highest BCUT2D eigenvalue weighted by Crippen LogP contribution is 2.37. The van der Waals surface area contributed by atoms with Crippen molar-refractivity contribution in [2.75, 3.05) is 0 Å². The molecule has 3 rings (SSSR count). The number of sulfonamides is 1. The van der Waals surface area contributed by atoms with Gasteiger partial charge in [0.2, 0.25) is 10.0 Å². The SMILES string of the molecule is CC1(C)CCC(NS(=O)(=O)c2c[nH]c(CNC3CC3)c2)C1. The van der Waals surface area contributed by atoms with Gasteiger partial charge < -0.3 is 10.3 Å². The summed E-state index contributed by atoms with van der Waals surface area (Å²) in [7, 11) is -3.41. The van der Waals surface area contributed by atoms with Crippen LogP contribution in [-0.4, -0.2) is 25.5 Å². The molecular weight excluding hydrogens is 286 g/mol. The van der Waals surface area contributed by atoms with E-state index >= 15 is 0 Å². The van der Waals surface area contributed by atoms with E-state index < -0.39 is 10.0 Å². The van der Waals surface area contributed by atoms with Crippen molar-refractivity contribution >= 4 is 10.0 Å². The summed E-state index contributed by atoms with van der Waals surface area (Å²) in [6.07, 6.45) is 6.95.